The van der Waals surface area contributed by atoms with Crippen LogP contribution in [0.3, 0.4) is 0 Å². The van der Waals surface area contributed by atoms with Gasteiger partial charge in [0.25, 0.3) is 0 Å². The van der Waals surface area contributed by atoms with Crippen molar-refractivity contribution < 1.29 is 14.7 Å². The molecule has 3 atom stereocenters. The Hall–Kier alpha value is -2.97. The summed E-state index contributed by atoms with van der Waals surface area (Å²) in [7, 11) is 0. The SMILES string of the molecule is Cc1nc(N)ccc1CNC(=O)[C@H](CO)NC(=O)[C@H]1C[C@H](Cc2ccccc2)CN1. The average molecular weight is 412 g/mol. The van der Waals surface area contributed by atoms with E-state index in [0.717, 1.165) is 24.2 Å². The van der Waals surface area contributed by atoms with Crippen molar-refractivity contribution in [1.82, 2.24) is 20.9 Å². The van der Waals surface area contributed by atoms with E-state index in [1.807, 2.05) is 18.2 Å². The molecule has 0 radical (unpaired) electrons. The summed E-state index contributed by atoms with van der Waals surface area (Å²) in [5, 5.41) is 18.2. The molecule has 0 unspecified atom stereocenters. The molecule has 1 fully saturated rings. The molecule has 0 bridgehead atoms. The van der Waals surface area contributed by atoms with Gasteiger partial charge in [-0.2, -0.15) is 0 Å². The zero-order valence-electron chi connectivity index (χ0n) is 17.1. The normalized spacial score (nSPS) is 19.3. The van der Waals surface area contributed by atoms with Gasteiger partial charge in [0.15, 0.2) is 0 Å². The third kappa shape index (κ3) is 5.77. The van der Waals surface area contributed by atoms with Crippen molar-refractivity contribution in [1.29, 1.82) is 0 Å². The van der Waals surface area contributed by atoms with Gasteiger partial charge in [0, 0.05) is 12.2 Å². The number of benzene rings is 1. The quantitative estimate of drug-likeness (QED) is 0.425. The number of pyridine rings is 1. The molecule has 8 heteroatoms. The Morgan fingerprint density at radius 2 is 2.03 bits per heavy atom. The molecule has 1 aliphatic rings. The lowest BCUT2D eigenvalue weighted by Gasteiger charge is -2.19. The number of aliphatic hydroxyl groups excluding tert-OH is 1. The molecule has 2 heterocycles. The van der Waals surface area contributed by atoms with Crippen molar-refractivity contribution in [3.05, 3.63) is 59.3 Å². The van der Waals surface area contributed by atoms with Gasteiger partial charge in [0.1, 0.15) is 11.9 Å². The highest BCUT2D eigenvalue weighted by Crippen LogP contribution is 2.19. The molecule has 0 saturated carbocycles. The maximum absolute atomic E-state index is 12.6. The zero-order valence-corrected chi connectivity index (χ0v) is 17.1. The molecular weight excluding hydrogens is 382 g/mol. The number of hydrogen-bond acceptors (Lipinski definition) is 6. The van der Waals surface area contributed by atoms with Crippen molar-refractivity contribution in [2.75, 3.05) is 18.9 Å². The Morgan fingerprint density at radius 1 is 1.27 bits per heavy atom. The lowest BCUT2D eigenvalue weighted by atomic mass is 9.96. The number of nitrogens with one attached hydrogen (secondary N) is 3. The van der Waals surface area contributed by atoms with E-state index in [1.165, 1.54) is 5.56 Å². The molecular formula is C22H29N5O3. The Morgan fingerprint density at radius 3 is 2.73 bits per heavy atom. The first-order valence-electron chi connectivity index (χ1n) is 10.1. The lowest BCUT2D eigenvalue weighted by Crippen LogP contribution is -2.53. The van der Waals surface area contributed by atoms with E-state index < -0.39 is 18.6 Å². The smallest absolute Gasteiger partial charge is 0.245 e. The number of nitrogens with zero attached hydrogens (tertiary/aromatic N) is 1. The predicted octanol–water partition coefficient (Wildman–Crippen LogP) is 0.286. The second-order valence-corrected chi connectivity index (χ2v) is 7.69. The van der Waals surface area contributed by atoms with Crippen LogP contribution in [-0.2, 0) is 22.6 Å². The fraction of sp³-hybridized carbons (Fsp3) is 0.409. The largest absolute Gasteiger partial charge is 0.394 e. The number of carbonyl (C=O) groups is 2. The van der Waals surface area contributed by atoms with Crippen LogP contribution in [0.1, 0.15) is 23.2 Å². The number of aliphatic hydroxyl groups is 1. The summed E-state index contributed by atoms with van der Waals surface area (Å²) in [5.74, 6) is 0.0502. The van der Waals surface area contributed by atoms with Gasteiger partial charge < -0.3 is 26.8 Å². The van der Waals surface area contributed by atoms with Crippen LogP contribution in [0.25, 0.3) is 0 Å². The van der Waals surface area contributed by atoms with Gasteiger partial charge >= 0.3 is 0 Å². The van der Waals surface area contributed by atoms with E-state index in [4.69, 9.17) is 5.73 Å². The van der Waals surface area contributed by atoms with Crippen molar-refractivity contribution in [3.8, 4) is 0 Å². The fourth-order valence-corrected chi connectivity index (χ4v) is 3.68. The van der Waals surface area contributed by atoms with Crippen LogP contribution in [0, 0.1) is 12.8 Å². The number of aromatic nitrogens is 1. The molecule has 2 amide bonds. The van der Waals surface area contributed by atoms with E-state index >= 15 is 0 Å². The number of rotatable bonds is 8. The number of nitrogens with two attached hydrogens (primary N) is 1. The summed E-state index contributed by atoms with van der Waals surface area (Å²) >= 11 is 0. The molecule has 3 rings (SSSR count). The minimum Gasteiger partial charge on any atom is -0.394 e. The molecule has 1 saturated heterocycles. The number of amides is 2. The summed E-state index contributed by atoms with van der Waals surface area (Å²) < 4.78 is 0. The Kier molecular flexibility index (Phi) is 7.37. The summed E-state index contributed by atoms with van der Waals surface area (Å²) in [5.41, 5.74) is 8.42. The standard InChI is InChI=1S/C22H29N5O3/c1-14-17(7-8-20(23)26-14)12-25-21(29)19(13-28)27-22(30)18-10-16(11-24-18)9-15-5-3-2-4-6-15/h2-8,16,18-19,24,28H,9-13H2,1H3,(H2,23,26)(H,25,29)(H,27,30)/t16-,18+,19-/m0/s1. The van der Waals surface area contributed by atoms with Crippen LogP contribution in [0.2, 0.25) is 0 Å². The van der Waals surface area contributed by atoms with E-state index in [-0.39, 0.29) is 18.5 Å². The molecule has 30 heavy (non-hydrogen) atoms. The Labute approximate surface area is 176 Å². The second kappa shape index (κ2) is 10.2. The number of anilines is 1. The number of hydrogen-bond donors (Lipinski definition) is 5. The Balaban J connectivity index is 1.48. The van der Waals surface area contributed by atoms with Crippen LogP contribution in [-0.4, -0.2) is 47.1 Å². The molecule has 8 nitrogen and oxygen atoms in total. The van der Waals surface area contributed by atoms with Crippen molar-refractivity contribution in [3.63, 3.8) is 0 Å². The second-order valence-electron chi connectivity index (χ2n) is 7.69. The van der Waals surface area contributed by atoms with Crippen LogP contribution in [0.4, 0.5) is 5.82 Å². The summed E-state index contributed by atoms with van der Waals surface area (Å²) in [6, 6.07) is 12.2. The van der Waals surface area contributed by atoms with Crippen LogP contribution < -0.4 is 21.7 Å². The number of aryl methyl sites for hydroxylation is 1. The first-order valence-corrected chi connectivity index (χ1v) is 10.1. The maximum atomic E-state index is 12.6. The molecule has 6 N–H and O–H groups in total. The van der Waals surface area contributed by atoms with Gasteiger partial charge in [-0.25, -0.2) is 4.98 Å². The average Bonchev–Trinajstić information content (AvgIpc) is 3.20. The van der Waals surface area contributed by atoms with E-state index in [0.29, 0.717) is 18.2 Å². The minimum atomic E-state index is -1.01. The lowest BCUT2D eigenvalue weighted by molar-refractivity contribution is -0.130. The van der Waals surface area contributed by atoms with Crippen molar-refractivity contribution in [2.24, 2.45) is 5.92 Å². The highest BCUT2D eigenvalue weighted by atomic mass is 16.3. The third-order valence-electron chi connectivity index (χ3n) is 5.39. The topological polar surface area (TPSA) is 129 Å². The third-order valence-corrected chi connectivity index (χ3v) is 5.39. The zero-order chi connectivity index (χ0) is 21.5. The van der Waals surface area contributed by atoms with Crippen LogP contribution in [0.5, 0.6) is 0 Å². The minimum absolute atomic E-state index is 0.241. The van der Waals surface area contributed by atoms with E-state index in [2.05, 4.69) is 33.1 Å². The summed E-state index contributed by atoms with van der Waals surface area (Å²) in [6.07, 6.45) is 1.59. The van der Waals surface area contributed by atoms with Gasteiger partial charge in [0.05, 0.1) is 12.6 Å². The van der Waals surface area contributed by atoms with E-state index in [1.54, 1.807) is 19.1 Å². The van der Waals surface area contributed by atoms with Crippen molar-refractivity contribution in [2.45, 2.75) is 38.4 Å². The van der Waals surface area contributed by atoms with Crippen molar-refractivity contribution >= 4 is 17.6 Å². The fourth-order valence-electron chi connectivity index (χ4n) is 3.68. The van der Waals surface area contributed by atoms with Crippen LogP contribution in [0.15, 0.2) is 42.5 Å². The molecule has 160 valence electrons. The highest BCUT2D eigenvalue weighted by molar-refractivity contribution is 5.90. The van der Waals surface area contributed by atoms with Gasteiger partial charge in [-0.15, -0.1) is 0 Å². The van der Waals surface area contributed by atoms with E-state index in [9.17, 15) is 14.7 Å². The molecule has 1 aromatic heterocycles. The number of carbonyl (C=O) groups excluding carboxylic acids is 2. The summed E-state index contributed by atoms with van der Waals surface area (Å²) in [4.78, 5) is 29.2. The highest BCUT2D eigenvalue weighted by Gasteiger charge is 2.31. The predicted molar refractivity (Wildman–Crippen MR) is 114 cm³/mol. The molecule has 1 aliphatic heterocycles. The Bertz CT molecular complexity index is 874. The maximum Gasteiger partial charge on any atom is 0.245 e. The van der Waals surface area contributed by atoms with Gasteiger partial charge in [-0.1, -0.05) is 36.4 Å². The van der Waals surface area contributed by atoms with Crippen LogP contribution >= 0.6 is 0 Å². The van der Waals surface area contributed by atoms with Gasteiger partial charge in [-0.3, -0.25) is 9.59 Å². The van der Waals surface area contributed by atoms with Gasteiger partial charge in [-0.05, 0) is 49.4 Å². The first kappa shape index (κ1) is 21.7. The molecule has 0 spiro atoms. The number of nitrogen functional groups attached to an aromatic ring is 1. The molecule has 2 aromatic rings. The summed E-state index contributed by atoms with van der Waals surface area (Å²) in [6.45, 7) is 2.31. The molecule has 0 aliphatic carbocycles. The monoisotopic (exact) mass is 411 g/mol. The first-order chi connectivity index (χ1) is 14.5. The van der Waals surface area contributed by atoms with Gasteiger partial charge in [0.2, 0.25) is 11.8 Å². The molecule has 1 aromatic carbocycles.